The minimum atomic E-state index is 0.193. The molecule has 0 aliphatic heterocycles. The van der Waals surface area contributed by atoms with Crippen molar-refractivity contribution < 1.29 is 0 Å². The monoisotopic (exact) mass is 263 g/mol. The Balaban J connectivity index is 2.56. The highest BCUT2D eigenvalue weighted by Crippen LogP contribution is 2.29. The predicted octanol–water partition coefficient (Wildman–Crippen LogP) is 4.08. The maximum absolute atomic E-state index is 5.43. The lowest BCUT2D eigenvalue weighted by Crippen LogP contribution is -2.25. The Morgan fingerprint density at radius 2 is 2.11 bits per heavy atom. The van der Waals surface area contributed by atoms with Crippen LogP contribution in [0.4, 0.5) is 0 Å². The zero-order valence-corrected chi connectivity index (χ0v) is 12.6. The molecule has 98 valence electrons. The highest BCUT2D eigenvalue weighted by molar-refractivity contribution is 7.71. The summed E-state index contributed by atoms with van der Waals surface area (Å²) >= 11 is 5.43. The minimum absolute atomic E-state index is 0.193. The van der Waals surface area contributed by atoms with E-state index in [0.717, 1.165) is 22.5 Å². The Morgan fingerprint density at radius 3 is 2.72 bits per heavy atom. The second kappa shape index (κ2) is 4.50. The van der Waals surface area contributed by atoms with E-state index in [4.69, 9.17) is 12.2 Å². The summed E-state index contributed by atoms with van der Waals surface area (Å²) in [6, 6.07) is 2.01. The van der Waals surface area contributed by atoms with Crippen LogP contribution < -0.4 is 0 Å². The molecule has 0 spiro atoms. The average Bonchev–Trinajstić information content (AvgIpc) is 2.57. The minimum Gasteiger partial charge on any atom is -0.329 e. The van der Waals surface area contributed by atoms with Crippen molar-refractivity contribution in [1.29, 1.82) is 0 Å². The molecule has 2 heterocycles. The molecule has 0 radical (unpaired) electrons. The van der Waals surface area contributed by atoms with E-state index in [1.807, 2.05) is 12.3 Å². The molecule has 0 atom stereocenters. The molecule has 3 nitrogen and oxygen atoms in total. The molecule has 0 aliphatic carbocycles. The van der Waals surface area contributed by atoms with Crippen molar-refractivity contribution in [2.45, 2.75) is 41.2 Å². The fourth-order valence-corrected chi connectivity index (χ4v) is 2.16. The third kappa shape index (κ3) is 2.21. The first-order valence-corrected chi connectivity index (χ1v) is 6.78. The summed E-state index contributed by atoms with van der Waals surface area (Å²) in [5, 5.41) is 0. The number of hydrogen-bond acceptors (Lipinski definition) is 2. The first-order valence-electron chi connectivity index (χ1n) is 6.37. The molecular formula is C14H21N3S. The van der Waals surface area contributed by atoms with Crippen LogP contribution in [-0.4, -0.2) is 14.5 Å². The van der Waals surface area contributed by atoms with Gasteiger partial charge in [-0.05, 0) is 42.1 Å². The second-order valence-electron chi connectivity index (χ2n) is 5.99. The second-order valence-corrected chi connectivity index (χ2v) is 6.37. The highest BCUT2D eigenvalue weighted by Gasteiger charge is 2.24. The number of aromatic amines is 1. The normalized spacial score (nSPS) is 12.6. The molecule has 0 aromatic carbocycles. The number of rotatable bonds is 3. The number of imidazole rings is 1. The van der Waals surface area contributed by atoms with E-state index in [0.29, 0.717) is 5.92 Å². The molecule has 0 amide bonds. The maximum atomic E-state index is 5.43. The van der Waals surface area contributed by atoms with Crippen LogP contribution in [0.5, 0.6) is 0 Å². The van der Waals surface area contributed by atoms with Crippen LogP contribution >= 0.6 is 12.2 Å². The van der Waals surface area contributed by atoms with Crippen LogP contribution in [0.15, 0.2) is 12.3 Å². The lowest BCUT2D eigenvalue weighted by Gasteiger charge is -2.29. The Kier molecular flexibility index (Phi) is 3.32. The van der Waals surface area contributed by atoms with E-state index in [9.17, 15) is 0 Å². The van der Waals surface area contributed by atoms with Crippen LogP contribution in [0.25, 0.3) is 11.2 Å². The van der Waals surface area contributed by atoms with Gasteiger partial charge in [-0.15, -0.1) is 0 Å². The Bertz CT molecular complexity index is 619. The molecule has 0 fully saturated rings. The van der Waals surface area contributed by atoms with Crippen LogP contribution in [0.2, 0.25) is 0 Å². The van der Waals surface area contributed by atoms with Gasteiger partial charge in [-0.3, -0.25) is 0 Å². The highest BCUT2D eigenvalue weighted by atomic mass is 32.1. The smallest absolute Gasteiger partial charge is 0.179 e. The molecule has 18 heavy (non-hydrogen) atoms. The van der Waals surface area contributed by atoms with Crippen molar-refractivity contribution in [2.75, 3.05) is 0 Å². The number of H-pyrrole nitrogens is 1. The largest absolute Gasteiger partial charge is 0.329 e. The molecule has 4 heteroatoms. The van der Waals surface area contributed by atoms with E-state index >= 15 is 0 Å². The third-order valence-electron chi connectivity index (χ3n) is 4.00. The molecule has 0 unspecified atom stereocenters. The summed E-state index contributed by atoms with van der Waals surface area (Å²) in [6.45, 7) is 12.0. The van der Waals surface area contributed by atoms with Crippen molar-refractivity contribution in [3.8, 4) is 0 Å². The van der Waals surface area contributed by atoms with Crippen LogP contribution in [-0.2, 0) is 6.54 Å². The number of aromatic nitrogens is 3. The Morgan fingerprint density at radius 1 is 1.44 bits per heavy atom. The van der Waals surface area contributed by atoms with E-state index < -0.39 is 0 Å². The fraction of sp³-hybridized carbons (Fsp3) is 0.571. The van der Waals surface area contributed by atoms with Crippen molar-refractivity contribution in [2.24, 2.45) is 11.3 Å². The van der Waals surface area contributed by atoms with Gasteiger partial charge in [0.2, 0.25) is 0 Å². The van der Waals surface area contributed by atoms with Gasteiger partial charge in [0.05, 0.1) is 5.52 Å². The molecule has 2 aromatic rings. The molecule has 0 saturated carbocycles. The molecule has 2 rings (SSSR count). The first kappa shape index (κ1) is 13.3. The Hall–Kier alpha value is -1.16. The topological polar surface area (TPSA) is 33.6 Å². The van der Waals surface area contributed by atoms with Crippen LogP contribution in [0, 0.1) is 23.0 Å². The van der Waals surface area contributed by atoms with Crippen LogP contribution in [0.3, 0.4) is 0 Å². The van der Waals surface area contributed by atoms with E-state index in [-0.39, 0.29) is 5.41 Å². The third-order valence-corrected chi connectivity index (χ3v) is 4.32. The van der Waals surface area contributed by atoms with Crippen molar-refractivity contribution in [3.63, 3.8) is 0 Å². The van der Waals surface area contributed by atoms with Gasteiger partial charge in [0.1, 0.15) is 0 Å². The lowest BCUT2D eigenvalue weighted by atomic mass is 9.81. The molecule has 1 N–H and O–H groups in total. The number of aryl methyl sites for hydroxylation is 1. The van der Waals surface area contributed by atoms with Gasteiger partial charge in [0.15, 0.2) is 10.4 Å². The molecule has 0 aliphatic rings. The number of hydrogen-bond donors (Lipinski definition) is 1. The number of nitrogens with zero attached hydrogens (tertiary/aromatic N) is 2. The summed E-state index contributed by atoms with van der Waals surface area (Å²) in [5.74, 6) is 0.592. The Labute approximate surface area is 113 Å². The zero-order valence-electron chi connectivity index (χ0n) is 11.7. The van der Waals surface area contributed by atoms with Gasteiger partial charge in [-0.2, -0.15) is 0 Å². The van der Waals surface area contributed by atoms with Gasteiger partial charge in [0, 0.05) is 12.7 Å². The van der Waals surface area contributed by atoms with Crippen LogP contribution in [0.1, 0.15) is 33.3 Å². The van der Waals surface area contributed by atoms with Gasteiger partial charge in [-0.25, -0.2) is 4.98 Å². The quantitative estimate of drug-likeness (QED) is 0.846. The molecular weight excluding hydrogens is 242 g/mol. The van der Waals surface area contributed by atoms with E-state index in [1.165, 1.54) is 5.56 Å². The number of pyridine rings is 1. The molecule has 0 saturated heterocycles. The van der Waals surface area contributed by atoms with E-state index in [1.54, 1.807) is 0 Å². The summed E-state index contributed by atoms with van der Waals surface area (Å²) in [6.07, 6.45) is 1.85. The summed E-state index contributed by atoms with van der Waals surface area (Å²) in [4.78, 5) is 7.74. The fourth-order valence-electron chi connectivity index (χ4n) is 1.91. The van der Waals surface area contributed by atoms with Gasteiger partial charge in [0.25, 0.3) is 0 Å². The SMILES string of the molecule is Cc1ccnc2c1[nH]c(=S)n2CC(C)(C)C(C)C. The first-order chi connectivity index (χ1) is 8.33. The maximum Gasteiger partial charge on any atom is 0.179 e. The standard InChI is InChI=1S/C14H21N3S/c1-9(2)14(4,5)8-17-12-11(16-13(17)18)10(3)6-7-15-12/h6-7,9H,8H2,1-5H3,(H,16,18). The van der Waals surface area contributed by atoms with Gasteiger partial charge >= 0.3 is 0 Å². The summed E-state index contributed by atoms with van der Waals surface area (Å²) in [7, 11) is 0. The van der Waals surface area contributed by atoms with Crippen molar-refractivity contribution in [3.05, 3.63) is 22.6 Å². The van der Waals surface area contributed by atoms with Gasteiger partial charge < -0.3 is 9.55 Å². The molecule has 0 bridgehead atoms. The number of nitrogens with one attached hydrogen (secondary N) is 1. The lowest BCUT2D eigenvalue weighted by molar-refractivity contribution is 0.211. The molecule has 2 aromatic heterocycles. The zero-order chi connectivity index (χ0) is 13.5. The predicted molar refractivity (Wildman–Crippen MR) is 78.3 cm³/mol. The van der Waals surface area contributed by atoms with Gasteiger partial charge in [-0.1, -0.05) is 27.7 Å². The van der Waals surface area contributed by atoms with Crippen molar-refractivity contribution >= 4 is 23.4 Å². The van der Waals surface area contributed by atoms with E-state index in [2.05, 4.69) is 49.2 Å². The summed E-state index contributed by atoms with van der Waals surface area (Å²) < 4.78 is 2.89. The average molecular weight is 263 g/mol. The number of fused-ring (bicyclic) bond motifs is 1. The summed E-state index contributed by atoms with van der Waals surface area (Å²) in [5.41, 5.74) is 3.40. The van der Waals surface area contributed by atoms with Crippen molar-refractivity contribution in [1.82, 2.24) is 14.5 Å².